The lowest BCUT2D eigenvalue weighted by atomic mass is 10.0. The zero-order valence-corrected chi connectivity index (χ0v) is 16.2. The highest BCUT2D eigenvalue weighted by Gasteiger charge is 2.32. The molecular formula is C18H15ClF6N4O. The minimum atomic E-state index is -4.59. The van der Waals surface area contributed by atoms with E-state index in [0.717, 1.165) is 10.9 Å². The van der Waals surface area contributed by atoms with Crippen LogP contribution in [-0.2, 0) is 13.0 Å². The summed E-state index contributed by atoms with van der Waals surface area (Å²) >= 11 is 5.85. The van der Waals surface area contributed by atoms with Crippen LogP contribution in [0.25, 0.3) is 16.9 Å². The molecule has 162 valence electrons. The summed E-state index contributed by atoms with van der Waals surface area (Å²) in [7, 11) is 0. The molecule has 0 fully saturated rings. The Bertz CT molecular complexity index is 1100. The maximum Gasteiger partial charge on any atom is 0.406 e. The van der Waals surface area contributed by atoms with Gasteiger partial charge in [0, 0.05) is 17.9 Å². The summed E-state index contributed by atoms with van der Waals surface area (Å²) in [5.74, 6) is -1.07. The van der Waals surface area contributed by atoms with E-state index in [2.05, 4.69) is 9.97 Å². The lowest BCUT2D eigenvalue weighted by Gasteiger charge is -2.18. The monoisotopic (exact) mass is 452 g/mol. The van der Waals surface area contributed by atoms with Gasteiger partial charge in [-0.05, 0) is 30.2 Å². The van der Waals surface area contributed by atoms with E-state index in [1.807, 2.05) is 0 Å². The van der Waals surface area contributed by atoms with E-state index in [9.17, 15) is 31.1 Å². The number of hydrogen-bond donors (Lipinski definition) is 0. The third-order valence-corrected chi connectivity index (χ3v) is 4.51. The van der Waals surface area contributed by atoms with Gasteiger partial charge < -0.3 is 4.57 Å². The number of hydrogen-bond acceptors (Lipinski definition) is 3. The molecule has 3 rings (SSSR count). The molecule has 30 heavy (non-hydrogen) atoms. The van der Waals surface area contributed by atoms with Gasteiger partial charge in [0.15, 0.2) is 11.2 Å². The fourth-order valence-electron chi connectivity index (χ4n) is 3.12. The summed E-state index contributed by atoms with van der Waals surface area (Å²) in [6.07, 6.45) is -9.62. The Morgan fingerprint density at radius 2 is 1.70 bits per heavy atom. The average Bonchev–Trinajstić information content (AvgIpc) is 2.96. The normalized spacial score (nSPS) is 13.7. The van der Waals surface area contributed by atoms with Crippen molar-refractivity contribution in [3.05, 3.63) is 51.8 Å². The number of imidazole rings is 1. The van der Waals surface area contributed by atoms with Gasteiger partial charge in [-0.1, -0.05) is 18.5 Å². The third kappa shape index (κ3) is 5.13. The highest BCUT2D eigenvalue weighted by molar-refractivity contribution is 6.30. The summed E-state index contributed by atoms with van der Waals surface area (Å²) in [5.41, 5.74) is -1.17. The second kappa shape index (κ2) is 7.93. The number of alkyl halides is 6. The predicted molar refractivity (Wildman–Crippen MR) is 97.7 cm³/mol. The minimum absolute atomic E-state index is 0.101. The summed E-state index contributed by atoms with van der Waals surface area (Å²) in [6.45, 7) is -0.110. The number of fused-ring (bicyclic) bond motifs is 1. The van der Waals surface area contributed by atoms with Gasteiger partial charge in [0.1, 0.15) is 12.4 Å². The van der Waals surface area contributed by atoms with Crippen LogP contribution >= 0.6 is 11.6 Å². The molecule has 0 aliphatic rings. The molecular weight excluding hydrogens is 438 g/mol. The molecule has 5 nitrogen and oxygen atoms in total. The molecule has 2 heterocycles. The summed E-state index contributed by atoms with van der Waals surface area (Å²) in [5, 5.41) is 0.363. The van der Waals surface area contributed by atoms with Crippen molar-refractivity contribution in [2.24, 2.45) is 5.92 Å². The fourth-order valence-corrected chi connectivity index (χ4v) is 3.25. The largest absolute Gasteiger partial charge is 0.406 e. The molecule has 1 aromatic carbocycles. The minimum Gasteiger partial charge on any atom is -0.306 e. The molecule has 0 bridgehead atoms. The van der Waals surface area contributed by atoms with E-state index in [1.165, 1.54) is 31.2 Å². The lowest BCUT2D eigenvalue weighted by Crippen LogP contribution is -2.27. The molecule has 0 N–H and O–H groups in total. The molecule has 0 saturated heterocycles. The van der Waals surface area contributed by atoms with E-state index in [1.54, 1.807) is 0 Å². The third-order valence-electron chi connectivity index (χ3n) is 4.25. The van der Waals surface area contributed by atoms with Gasteiger partial charge in [-0.3, -0.25) is 9.36 Å². The Morgan fingerprint density at radius 1 is 1.07 bits per heavy atom. The molecule has 0 aliphatic heterocycles. The molecule has 3 aromatic rings. The van der Waals surface area contributed by atoms with Crippen molar-refractivity contribution >= 4 is 22.8 Å². The maximum absolute atomic E-state index is 13.0. The average molecular weight is 453 g/mol. The predicted octanol–water partition coefficient (Wildman–Crippen LogP) is 4.93. The number of benzene rings is 1. The van der Waals surface area contributed by atoms with E-state index in [-0.39, 0.29) is 29.1 Å². The first kappa shape index (κ1) is 22.1. The van der Waals surface area contributed by atoms with Crippen LogP contribution in [0.3, 0.4) is 0 Å². The zero-order chi connectivity index (χ0) is 22.3. The Labute approximate surface area is 170 Å². The van der Waals surface area contributed by atoms with Gasteiger partial charge in [-0.2, -0.15) is 26.3 Å². The van der Waals surface area contributed by atoms with Crippen LogP contribution in [0.5, 0.6) is 0 Å². The Kier molecular flexibility index (Phi) is 5.85. The quantitative estimate of drug-likeness (QED) is 0.516. The van der Waals surface area contributed by atoms with Gasteiger partial charge >= 0.3 is 12.4 Å². The first-order valence-corrected chi connectivity index (χ1v) is 9.08. The highest BCUT2D eigenvalue weighted by atomic mass is 35.5. The van der Waals surface area contributed by atoms with Crippen LogP contribution in [0.1, 0.15) is 19.2 Å². The Balaban J connectivity index is 2.17. The van der Waals surface area contributed by atoms with E-state index >= 15 is 0 Å². The van der Waals surface area contributed by atoms with E-state index in [4.69, 9.17) is 11.6 Å². The zero-order valence-electron chi connectivity index (χ0n) is 15.4. The van der Waals surface area contributed by atoms with Crippen LogP contribution in [0.2, 0.25) is 5.02 Å². The summed E-state index contributed by atoms with van der Waals surface area (Å²) in [6, 6.07) is 5.86. The molecule has 0 spiro atoms. The van der Waals surface area contributed by atoms with Crippen molar-refractivity contribution in [3.8, 4) is 5.69 Å². The van der Waals surface area contributed by atoms with Gasteiger partial charge in [0.2, 0.25) is 0 Å². The first-order valence-electron chi connectivity index (χ1n) is 8.70. The molecule has 2 aromatic heterocycles. The highest BCUT2D eigenvalue weighted by Crippen LogP contribution is 2.27. The van der Waals surface area contributed by atoms with Crippen molar-refractivity contribution in [2.45, 2.75) is 38.7 Å². The molecule has 1 atom stereocenters. The fraction of sp³-hybridized carbons (Fsp3) is 0.389. The number of nitrogens with zero attached hydrogens (tertiary/aromatic N) is 4. The smallest absolute Gasteiger partial charge is 0.306 e. The molecule has 0 amide bonds. The van der Waals surface area contributed by atoms with Crippen LogP contribution < -0.4 is 5.56 Å². The van der Waals surface area contributed by atoms with Crippen LogP contribution in [0, 0.1) is 5.92 Å². The lowest BCUT2D eigenvalue weighted by molar-refractivity contribution is -0.143. The van der Waals surface area contributed by atoms with E-state index < -0.39 is 36.8 Å². The summed E-state index contributed by atoms with van der Waals surface area (Å²) < 4.78 is 78.5. The standard InChI is InChI=1S/C18H15ClF6N4O/c1-10(7-17(20,21)22)6-13-27-15-14(26-9-28(15)8-18(23,24)25)16(30)29(13)12-4-2-11(19)3-5-12/h2-5,9-10H,6-8H2,1H3. The number of halogens is 7. The molecule has 1 unspecified atom stereocenters. The molecule has 0 radical (unpaired) electrons. The van der Waals surface area contributed by atoms with Crippen molar-refractivity contribution < 1.29 is 26.3 Å². The van der Waals surface area contributed by atoms with Gasteiger partial charge in [0.25, 0.3) is 5.56 Å². The second-order valence-corrected chi connectivity index (χ2v) is 7.37. The first-order chi connectivity index (χ1) is 13.8. The topological polar surface area (TPSA) is 52.7 Å². The number of aromatic nitrogens is 4. The Hall–Kier alpha value is -2.56. The molecule has 12 heteroatoms. The van der Waals surface area contributed by atoms with Crippen molar-refractivity contribution in [1.29, 1.82) is 0 Å². The maximum atomic E-state index is 13.0. The Morgan fingerprint density at radius 3 is 2.27 bits per heavy atom. The second-order valence-electron chi connectivity index (χ2n) is 6.93. The van der Waals surface area contributed by atoms with Gasteiger partial charge in [-0.15, -0.1) is 0 Å². The molecule has 0 saturated carbocycles. The van der Waals surface area contributed by atoms with Crippen molar-refractivity contribution in [2.75, 3.05) is 0 Å². The molecule has 0 aliphatic carbocycles. The van der Waals surface area contributed by atoms with Crippen LogP contribution in [0.15, 0.2) is 35.4 Å². The van der Waals surface area contributed by atoms with Crippen LogP contribution in [-0.4, -0.2) is 31.5 Å². The van der Waals surface area contributed by atoms with Gasteiger partial charge in [-0.25, -0.2) is 9.97 Å². The van der Waals surface area contributed by atoms with Gasteiger partial charge in [0.05, 0.1) is 12.0 Å². The van der Waals surface area contributed by atoms with Crippen molar-refractivity contribution in [1.82, 2.24) is 19.1 Å². The summed E-state index contributed by atoms with van der Waals surface area (Å²) in [4.78, 5) is 20.8. The van der Waals surface area contributed by atoms with Crippen molar-refractivity contribution in [3.63, 3.8) is 0 Å². The van der Waals surface area contributed by atoms with E-state index in [0.29, 0.717) is 9.59 Å². The van der Waals surface area contributed by atoms with Crippen LogP contribution in [0.4, 0.5) is 26.3 Å². The SMILES string of the molecule is CC(Cc1nc2c(ncn2CC(F)(F)F)c(=O)n1-c1ccc(Cl)cc1)CC(F)(F)F. The number of rotatable bonds is 5.